The number of likely N-dealkylation sites (tertiary alicyclic amines) is 1. The van der Waals surface area contributed by atoms with Crippen LogP contribution in [0, 0.1) is 0 Å². The zero-order valence-corrected chi connectivity index (χ0v) is 13.8. The number of rotatable bonds is 3. The molecule has 0 atom stereocenters. The second-order valence-electron chi connectivity index (χ2n) is 6.42. The van der Waals surface area contributed by atoms with Crippen molar-refractivity contribution < 1.29 is 14.3 Å². The fourth-order valence-corrected chi connectivity index (χ4v) is 3.49. The highest BCUT2D eigenvalue weighted by Gasteiger charge is 2.26. The van der Waals surface area contributed by atoms with Gasteiger partial charge in [-0.1, -0.05) is 6.07 Å². The number of aryl methyl sites for hydroxylation is 1. The van der Waals surface area contributed by atoms with Gasteiger partial charge in [0, 0.05) is 38.4 Å². The summed E-state index contributed by atoms with van der Waals surface area (Å²) in [6, 6.07) is 5.71. The molecule has 0 aliphatic carbocycles. The van der Waals surface area contributed by atoms with Crippen molar-refractivity contribution in [2.45, 2.75) is 25.2 Å². The number of carbonyl (C=O) groups is 1. The molecule has 2 aromatic rings. The third-order valence-corrected chi connectivity index (χ3v) is 4.86. The molecule has 0 saturated carbocycles. The molecule has 6 heteroatoms. The Labute approximate surface area is 141 Å². The van der Waals surface area contributed by atoms with E-state index in [0.29, 0.717) is 12.3 Å². The van der Waals surface area contributed by atoms with Crippen LogP contribution < -0.4 is 9.47 Å². The lowest BCUT2D eigenvalue weighted by Crippen LogP contribution is -2.39. The monoisotopic (exact) mass is 327 g/mol. The molecule has 1 saturated heterocycles. The lowest BCUT2D eigenvalue weighted by Gasteiger charge is -2.31. The maximum Gasteiger partial charge on any atom is 0.231 e. The first-order valence-corrected chi connectivity index (χ1v) is 8.34. The highest BCUT2D eigenvalue weighted by Crippen LogP contribution is 2.33. The van der Waals surface area contributed by atoms with E-state index in [1.165, 1.54) is 0 Å². The lowest BCUT2D eigenvalue weighted by atomic mass is 9.95. The smallest absolute Gasteiger partial charge is 0.231 e. The van der Waals surface area contributed by atoms with Crippen LogP contribution in [0.25, 0.3) is 0 Å². The number of amides is 1. The number of benzene rings is 1. The van der Waals surface area contributed by atoms with Crippen molar-refractivity contribution >= 4 is 5.91 Å². The van der Waals surface area contributed by atoms with Crippen molar-refractivity contribution in [3.8, 4) is 11.5 Å². The van der Waals surface area contributed by atoms with Crippen LogP contribution in [-0.2, 0) is 18.3 Å². The average Bonchev–Trinajstić information content (AvgIpc) is 3.23. The Kier molecular flexibility index (Phi) is 3.88. The van der Waals surface area contributed by atoms with E-state index in [4.69, 9.17) is 9.47 Å². The Hall–Kier alpha value is -2.50. The molecule has 1 aromatic carbocycles. The fourth-order valence-electron chi connectivity index (χ4n) is 3.49. The molecule has 3 heterocycles. The van der Waals surface area contributed by atoms with Gasteiger partial charge in [0.2, 0.25) is 12.7 Å². The standard InChI is InChI=1S/C18H21N3O3/c1-20-9-6-19-18(20)14-4-7-21(8-5-14)17(22)11-13-2-3-15-16(10-13)24-12-23-15/h2-3,6,9-10,14H,4-5,7-8,11-12H2,1H3. The molecular formula is C18H21N3O3. The van der Waals surface area contributed by atoms with Gasteiger partial charge in [-0.2, -0.15) is 0 Å². The molecule has 6 nitrogen and oxygen atoms in total. The predicted molar refractivity (Wildman–Crippen MR) is 88.0 cm³/mol. The number of imidazole rings is 1. The highest BCUT2D eigenvalue weighted by molar-refractivity contribution is 5.79. The zero-order valence-electron chi connectivity index (χ0n) is 13.8. The quantitative estimate of drug-likeness (QED) is 0.866. The van der Waals surface area contributed by atoms with E-state index >= 15 is 0 Å². The van der Waals surface area contributed by atoms with Crippen LogP contribution in [0.15, 0.2) is 30.6 Å². The van der Waals surface area contributed by atoms with Crippen LogP contribution in [0.3, 0.4) is 0 Å². The number of piperidine rings is 1. The van der Waals surface area contributed by atoms with Gasteiger partial charge in [0.15, 0.2) is 11.5 Å². The Morgan fingerprint density at radius 3 is 2.79 bits per heavy atom. The van der Waals surface area contributed by atoms with E-state index in [1.54, 1.807) is 0 Å². The van der Waals surface area contributed by atoms with Gasteiger partial charge < -0.3 is 18.9 Å². The molecule has 4 rings (SSSR count). The average molecular weight is 327 g/mol. The van der Waals surface area contributed by atoms with Gasteiger partial charge in [-0.3, -0.25) is 4.79 Å². The molecule has 126 valence electrons. The van der Waals surface area contributed by atoms with Crippen LogP contribution in [0.5, 0.6) is 11.5 Å². The molecule has 2 aliphatic heterocycles. The summed E-state index contributed by atoms with van der Waals surface area (Å²) in [5.41, 5.74) is 0.968. The van der Waals surface area contributed by atoms with Gasteiger partial charge in [0.25, 0.3) is 0 Å². The number of fused-ring (bicyclic) bond motifs is 1. The van der Waals surface area contributed by atoms with Crippen molar-refractivity contribution in [2.75, 3.05) is 19.9 Å². The summed E-state index contributed by atoms with van der Waals surface area (Å²) in [4.78, 5) is 19.0. The lowest BCUT2D eigenvalue weighted by molar-refractivity contribution is -0.131. The molecule has 0 spiro atoms. The van der Waals surface area contributed by atoms with Crippen LogP contribution in [-0.4, -0.2) is 40.2 Å². The molecule has 0 bridgehead atoms. The second-order valence-corrected chi connectivity index (χ2v) is 6.42. The highest BCUT2D eigenvalue weighted by atomic mass is 16.7. The van der Waals surface area contributed by atoms with Gasteiger partial charge in [-0.25, -0.2) is 4.98 Å². The summed E-state index contributed by atoms with van der Waals surface area (Å²) in [7, 11) is 2.03. The van der Waals surface area contributed by atoms with Gasteiger partial charge in [0.05, 0.1) is 6.42 Å². The minimum Gasteiger partial charge on any atom is -0.454 e. The fraction of sp³-hybridized carbons (Fsp3) is 0.444. The summed E-state index contributed by atoms with van der Waals surface area (Å²) in [6.07, 6.45) is 6.16. The molecule has 0 radical (unpaired) electrons. The summed E-state index contributed by atoms with van der Waals surface area (Å²) >= 11 is 0. The second kappa shape index (κ2) is 6.19. The summed E-state index contributed by atoms with van der Waals surface area (Å²) in [6.45, 7) is 1.84. The molecular weight excluding hydrogens is 306 g/mol. The molecule has 2 aliphatic rings. The number of aromatic nitrogens is 2. The molecule has 0 unspecified atom stereocenters. The Balaban J connectivity index is 1.35. The van der Waals surface area contributed by atoms with Crippen molar-refractivity contribution in [3.05, 3.63) is 42.0 Å². The van der Waals surface area contributed by atoms with Gasteiger partial charge in [-0.05, 0) is 30.5 Å². The first-order valence-electron chi connectivity index (χ1n) is 8.34. The van der Waals surface area contributed by atoms with Gasteiger partial charge >= 0.3 is 0 Å². The van der Waals surface area contributed by atoms with Crippen molar-refractivity contribution in [3.63, 3.8) is 0 Å². The van der Waals surface area contributed by atoms with Crippen molar-refractivity contribution in [1.82, 2.24) is 14.5 Å². The van der Waals surface area contributed by atoms with E-state index < -0.39 is 0 Å². The molecule has 1 aromatic heterocycles. The van der Waals surface area contributed by atoms with Gasteiger partial charge in [-0.15, -0.1) is 0 Å². The summed E-state index contributed by atoms with van der Waals surface area (Å²) in [5, 5.41) is 0. The van der Waals surface area contributed by atoms with Crippen molar-refractivity contribution in [1.29, 1.82) is 0 Å². The third-order valence-electron chi connectivity index (χ3n) is 4.86. The SMILES string of the molecule is Cn1ccnc1C1CCN(C(=O)Cc2ccc3c(c2)OCO3)CC1. The maximum atomic E-state index is 12.6. The minimum atomic E-state index is 0.173. The maximum absolute atomic E-state index is 12.6. The molecule has 1 amide bonds. The van der Waals surface area contributed by atoms with Crippen LogP contribution >= 0.6 is 0 Å². The van der Waals surface area contributed by atoms with Gasteiger partial charge in [0.1, 0.15) is 5.82 Å². The molecule has 1 fully saturated rings. The number of nitrogens with zero attached hydrogens (tertiary/aromatic N) is 3. The number of hydrogen-bond acceptors (Lipinski definition) is 4. The normalized spacial score (nSPS) is 17.3. The van der Waals surface area contributed by atoms with Crippen LogP contribution in [0.1, 0.15) is 30.1 Å². The van der Waals surface area contributed by atoms with E-state index in [-0.39, 0.29) is 12.7 Å². The molecule has 0 N–H and O–H groups in total. The Bertz CT molecular complexity index is 748. The summed E-state index contributed by atoms with van der Waals surface area (Å²) in [5.74, 6) is 3.22. The van der Waals surface area contributed by atoms with E-state index in [2.05, 4.69) is 9.55 Å². The van der Waals surface area contributed by atoms with Crippen LogP contribution in [0.4, 0.5) is 0 Å². The van der Waals surface area contributed by atoms with E-state index in [0.717, 1.165) is 48.8 Å². The Morgan fingerprint density at radius 2 is 2.04 bits per heavy atom. The molecule has 24 heavy (non-hydrogen) atoms. The first-order chi connectivity index (χ1) is 11.7. The van der Waals surface area contributed by atoms with E-state index in [9.17, 15) is 4.79 Å². The predicted octanol–water partition coefficient (Wildman–Crippen LogP) is 2.10. The third kappa shape index (κ3) is 2.84. The largest absolute Gasteiger partial charge is 0.454 e. The number of ether oxygens (including phenoxy) is 2. The Morgan fingerprint density at radius 1 is 1.25 bits per heavy atom. The topological polar surface area (TPSA) is 56.6 Å². The first kappa shape index (κ1) is 15.1. The van der Waals surface area contributed by atoms with Crippen LogP contribution in [0.2, 0.25) is 0 Å². The van der Waals surface area contributed by atoms with E-state index in [1.807, 2.05) is 42.5 Å². The number of carbonyl (C=O) groups excluding carboxylic acids is 1. The minimum absolute atomic E-state index is 0.173. The van der Waals surface area contributed by atoms with Crippen molar-refractivity contribution in [2.24, 2.45) is 7.05 Å². The zero-order chi connectivity index (χ0) is 16.5. The summed E-state index contributed by atoms with van der Waals surface area (Å²) < 4.78 is 12.8. The number of hydrogen-bond donors (Lipinski definition) is 0.